The first-order chi connectivity index (χ1) is 15.0. The number of H-pyrrole nitrogens is 1. The minimum absolute atomic E-state index is 0.0173. The fourth-order valence-electron chi connectivity index (χ4n) is 3.69. The summed E-state index contributed by atoms with van der Waals surface area (Å²) in [6.07, 6.45) is 3.08. The molecule has 0 spiro atoms. The van der Waals surface area contributed by atoms with E-state index >= 15 is 0 Å². The van der Waals surface area contributed by atoms with Crippen molar-refractivity contribution in [3.05, 3.63) is 54.0 Å². The predicted octanol–water partition coefficient (Wildman–Crippen LogP) is 3.94. The van der Waals surface area contributed by atoms with E-state index in [2.05, 4.69) is 27.2 Å². The van der Waals surface area contributed by atoms with E-state index in [9.17, 15) is 9.59 Å². The van der Waals surface area contributed by atoms with Crippen molar-refractivity contribution < 1.29 is 9.59 Å². The van der Waals surface area contributed by atoms with Crippen LogP contribution in [0.2, 0.25) is 0 Å². The van der Waals surface area contributed by atoms with Gasteiger partial charge < -0.3 is 15.2 Å². The Hall–Kier alpha value is -2.87. The van der Waals surface area contributed by atoms with Crippen LogP contribution in [0, 0.1) is 12.8 Å². The highest BCUT2D eigenvalue weighted by Crippen LogP contribution is 2.28. The molecule has 0 aliphatic carbocycles. The zero-order chi connectivity index (χ0) is 21.8. The minimum Gasteiger partial charge on any atom is -0.342 e. The number of aryl methyl sites for hydroxylation is 1. The van der Waals surface area contributed by atoms with E-state index in [-0.39, 0.29) is 23.0 Å². The largest absolute Gasteiger partial charge is 0.342 e. The predicted molar refractivity (Wildman–Crippen MR) is 124 cm³/mol. The number of amides is 2. The van der Waals surface area contributed by atoms with Crippen LogP contribution in [0.25, 0.3) is 11.0 Å². The summed E-state index contributed by atoms with van der Waals surface area (Å²) < 4.78 is 0. The topological polar surface area (TPSA) is 91.0 Å². The monoisotopic (exact) mass is 437 g/mol. The summed E-state index contributed by atoms with van der Waals surface area (Å²) in [7, 11) is 0. The summed E-state index contributed by atoms with van der Waals surface area (Å²) >= 11 is 1.58. The lowest BCUT2D eigenvalue weighted by molar-refractivity contribution is -0.132. The van der Waals surface area contributed by atoms with Gasteiger partial charge in [-0.15, -0.1) is 11.8 Å². The van der Waals surface area contributed by atoms with Crippen molar-refractivity contribution in [3.63, 3.8) is 0 Å². The van der Waals surface area contributed by atoms with Crippen LogP contribution in [-0.2, 0) is 9.59 Å². The number of thioether (sulfide) groups is 1. The number of piperidine rings is 1. The lowest BCUT2D eigenvalue weighted by Gasteiger charge is -2.31. The quantitative estimate of drug-likeness (QED) is 0.610. The number of fused-ring (bicyclic) bond motifs is 1. The number of pyridine rings is 1. The average Bonchev–Trinajstić information content (AvgIpc) is 3.23. The average molecular weight is 438 g/mol. The zero-order valence-electron chi connectivity index (χ0n) is 17.8. The third kappa shape index (κ3) is 5.25. The summed E-state index contributed by atoms with van der Waals surface area (Å²) in [5.41, 5.74) is 3.01. The van der Waals surface area contributed by atoms with Gasteiger partial charge >= 0.3 is 0 Å². The Morgan fingerprint density at radius 1 is 1.23 bits per heavy atom. The first-order valence-corrected chi connectivity index (χ1v) is 11.6. The molecular weight excluding hydrogens is 410 g/mol. The highest BCUT2D eigenvalue weighted by Gasteiger charge is 2.28. The van der Waals surface area contributed by atoms with Crippen molar-refractivity contribution in [1.29, 1.82) is 0 Å². The number of benzene rings is 1. The van der Waals surface area contributed by atoms with Crippen molar-refractivity contribution >= 4 is 40.4 Å². The van der Waals surface area contributed by atoms with Gasteiger partial charge in [-0.2, -0.15) is 0 Å². The highest BCUT2D eigenvalue weighted by atomic mass is 32.2. The Morgan fingerprint density at radius 2 is 2.00 bits per heavy atom. The Kier molecular flexibility index (Phi) is 6.56. The van der Waals surface area contributed by atoms with Crippen molar-refractivity contribution in [3.8, 4) is 0 Å². The van der Waals surface area contributed by atoms with E-state index in [1.165, 1.54) is 0 Å². The molecule has 2 N–H and O–H groups in total. The molecule has 3 heterocycles. The smallest absolute Gasteiger partial charge is 0.232 e. The number of likely N-dealkylation sites (tertiary alicyclic amines) is 1. The summed E-state index contributed by atoms with van der Waals surface area (Å²) in [4.78, 5) is 39.2. The number of aromatic amines is 1. The van der Waals surface area contributed by atoms with Crippen molar-refractivity contribution in [2.24, 2.45) is 5.92 Å². The molecule has 4 rings (SSSR count). The summed E-state index contributed by atoms with van der Waals surface area (Å²) in [5, 5.41) is 2.98. The number of nitrogens with one attached hydrogen (secondary N) is 2. The van der Waals surface area contributed by atoms with Gasteiger partial charge in [0.15, 0.2) is 0 Å². The van der Waals surface area contributed by atoms with Gasteiger partial charge in [0.05, 0.1) is 22.0 Å². The van der Waals surface area contributed by atoms with Gasteiger partial charge in [0.25, 0.3) is 0 Å². The molecule has 1 aliphatic rings. The van der Waals surface area contributed by atoms with Crippen molar-refractivity contribution in [2.45, 2.75) is 31.9 Å². The summed E-state index contributed by atoms with van der Waals surface area (Å²) in [6, 6.07) is 11.7. The Bertz CT molecular complexity index is 1020. The molecule has 162 valence electrons. The number of imidazole rings is 1. The number of aromatic nitrogens is 3. The molecular formula is C23H27N5O2S. The standard InChI is InChI=1S/C23H27N5O2S/c1-15-7-8-20(24-13-15)27-23(30)17-9-11-28(12-10-17)21(29)14-31-16(2)22-25-18-5-3-4-6-19(18)26-22/h3-8,13,16-17H,9-12,14H2,1-2H3,(H,25,26)(H,24,27,30). The van der Waals surface area contributed by atoms with Gasteiger partial charge in [0.2, 0.25) is 11.8 Å². The van der Waals surface area contributed by atoms with Crippen LogP contribution in [-0.4, -0.2) is 50.5 Å². The van der Waals surface area contributed by atoms with Crippen molar-refractivity contribution in [1.82, 2.24) is 19.9 Å². The molecule has 0 bridgehead atoms. The number of carbonyl (C=O) groups is 2. The molecule has 1 aliphatic heterocycles. The maximum absolute atomic E-state index is 12.7. The fourth-order valence-corrected chi connectivity index (χ4v) is 4.54. The second-order valence-electron chi connectivity index (χ2n) is 7.96. The van der Waals surface area contributed by atoms with Crippen LogP contribution in [0.1, 0.15) is 36.4 Å². The Balaban J connectivity index is 1.23. The van der Waals surface area contributed by atoms with Crippen LogP contribution in [0.15, 0.2) is 42.6 Å². The number of carbonyl (C=O) groups excluding carboxylic acids is 2. The molecule has 0 radical (unpaired) electrons. The molecule has 1 atom stereocenters. The molecule has 2 amide bonds. The van der Waals surface area contributed by atoms with Crippen molar-refractivity contribution in [2.75, 3.05) is 24.2 Å². The van der Waals surface area contributed by atoms with E-state index < -0.39 is 0 Å². The molecule has 7 nitrogen and oxygen atoms in total. The number of anilines is 1. The van der Waals surface area contributed by atoms with E-state index in [1.54, 1.807) is 18.0 Å². The fraction of sp³-hybridized carbons (Fsp3) is 0.391. The molecule has 8 heteroatoms. The van der Waals surface area contributed by atoms with Crippen LogP contribution in [0.4, 0.5) is 5.82 Å². The lowest BCUT2D eigenvalue weighted by atomic mass is 9.96. The number of para-hydroxylation sites is 2. The molecule has 31 heavy (non-hydrogen) atoms. The first kappa shape index (κ1) is 21.4. The Morgan fingerprint density at radius 3 is 2.71 bits per heavy atom. The van der Waals surface area contributed by atoms with Gasteiger partial charge in [-0.25, -0.2) is 9.97 Å². The summed E-state index contributed by atoms with van der Waals surface area (Å²) in [5.74, 6) is 1.88. The van der Waals surface area contributed by atoms with Crippen LogP contribution in [0.3, 0.4) is 0 Å². The van der Waals surface area contributed by atoms with Gasteiger partial charge in [0, 0.05) is 25.2 Å². The van der Waals surface area contributed by atoms with E-state index in [1.807, 2.05) is 48.2 Å². The van der Waals surface area contributed by atoms with Crippen LogP contribution < -0.4 is 5.32 Å². The molecule has 2 aromatic heterocycles. The number of hydrogen-bond donors (Lipinski definition) is 2. The highest BCUT2D eigenvalue weighted by molar-refractivity contribution is 8.00. The van der Waals surface area contributed by atoms with Crippen LogP contribution in [0.5, 0.6) is 0 Å². The van der Waals surface area contributed by atoms with Gasteiger partial charge in [-0.1, -0.05) is 18.2 Å². The van der Waals surface area contributed by atoms with E-state index in [0.29, 0.717) is 37.5 Å². The molecule has 3 aromatic rings. The van der Waals surface area contributed by atoms with Gasteiger partial charge in [0.1, 0.15) is 11.6 Å². The zero-order valence-corrected chi connectivity index (χ0v) is 18.6. The number of nitrogens with zero attached hydrogens (tertiary/aromatic N) is 3. The summed E-state index contributed by atoms with van der Waals surface area (Å²) in [6.45, 7) is 5.24. The van der Waals surface area contributed by atoms with Gasteiger partial charge in [-0.3, -0.25) is 9.59 Å². The second kappa shape index (κ2) is 9.51. The molecule has 1 fully saturated rings. The normalized spacial score (nSPS) is 15.7. The third-order valence-electron chi connectivity index (χ3n) is 5.63. The first-order valence-electron chi connectivity index (χ1n) is 10.6. The minimum atomic E-state index is -0.0886. The molecule has 1 saturated heterocycles. The maximum Gasteiger partial charge on any atom is 0.232 e. The molecule has 1 unspecified atom stereocenters. The lowest BCUT2D eigenvalue weighted by Crippen LogP contribution is -2.42. The molecule has 0 saturated carbocycles. The third-order valence-corrected chi connectivity index (χ3v) is 6.77. The second-order valence-corrected chi connectivity index (χ2v) is 9.29. The number of hydrogen-bond acceptors (Lipinski definition) is 5. The molecule has 1 aromatic carbocycles. The van der Waals surface area contributed by atoms with Gasteiger partial charge in [-0.05, 0) is 50.5 Å². The maximum atomic E-state index is 12.7. The van der Waals surface area contributed by atoms with E-state index in [4.69, 9.17) is 0 Å². The van der Waals surface area contributed by atoms with E-state index in [0.717, 1.165) is 22.4 Å². The SMILES string of the molecule is Cc1ccc(NC(=O)C2CCN(C(=O)CSC(C)c3nc4ccccc4[nH]3)CC2)nc1. The van der Waals surface area contributed by atoms with Crippen LogP contribution >= 0.6 is 11.8 Å². The Labute approximate surface area is 186 Å². The number of rotatable bonds is 6.